The van der Waals surface area contributed by atoms with Gasteiger partial charge in [-0.05, 0) is 19.9 Å². The zero-order valence-corrected chi connectivity index (χ0v) is 7.66. The summed E-state index contributed by atoms with van der Waals surface area (Å²) in [6, 6.07) is 0. The third kappa shape index (κ3) is 1.85. The molecule has 1 aliphatic rings. The molecule has 0 amide bonds. The van der Waals surface area contributed by atoms with E-state index in [1.807, 2.05) is 13.8 Å². The lowest BCUT2D eigenvalue weighted by molar-refractivity contribution is -0.144. The van der Waals surface area contributed by atoms with Crippen LogP contribution in [-0.4, -0.2) is 23.8 Å². The molecule has 68 valence electrons. The minimum atomic E-state index is -0.308. The predicted molar refractivity (Wildman–Crippen MR) is 44.7 cm³/mol. The van der Waals surface area contributed by atoms with E-state index in [0.717, 1.165) is 0 Å². The first kappa shape index (κ1) is 9.26. The van der Waals surface area contributed by atoms with E-state index in [4.69, 9.17) is 9.47 Å². The van der Waals surface area contributed by atoms with Crippen molar-refractivity contribution in [3.8, 4) is 0 Å². The van der Waals surface area contributed by atoms with E-state index < -0.39 is 0 Å². The van der Waals surface area contributed by atoms with Crippen LogP contribution < -0.4 is 0 Å². The number of hydrogen-bond donors (Lipinski definition) is 0. The van der Waals surface area contributed by atoms with E-state index in [2.05, 4.69) is 6.58 Å². The van der Waals surface area contributed by atoms with E-state index >= 15 is 0 Å². The number of esters is 1. The Morgan fingerprint density at radius 3 is 2.50 bits per heavy atom. The quantitative estimate of drug-likeness (QED) is 0.364. The van der Waals surface area contributed by atoms with Crippen LogP contribution in [0.25, 0.3) is 0 Å². The van der Waals surface area contributed by atoms with Gasteiger partial charge < -0.3 is 9.47 Å². The standard InChI is InChI=1S/C9H14O3/c1-5-7(11-6(2)10)8-9(3,4)12-8/h5,7-8H,1H2,2-4H3/t7-,8-/m0/s1. The van der Waals surface area contributed by atoms with Crippen molar-refractivity contribution < 1.29 is 14.3 Å². The maximum Gasteiger partial charge on any atom is 0.303 e. The molecule has 0 unspecified atom stereocenters. The van der Waals surface area contributed by atoms with Gasteiger partial charge in [0.1, 0.15) is 12.2 Å². The Labute approximate surface area is 72.4 Å². The third-order valence-electron chi connectivity index (χ3n) is 1.89. The van der Waals surface area contributed by atoms with Crippen LogP contribution in [0.3, 0.4) is 0 Å². The average molecular weight is 170 g/mol. The van der Waals surface area contributed by atoms with Crippen LogP contribution in [0.5, 0.6) is 0 Å². The zero-order valence-electron chi connectivity index (χ0n) is 7.66. The Kier molecular flexibility index (Phi) is 2.24. The summed E-state index contributed by atoms with van der Waals surface area (Å²) in [5.41, 5.74) is -0.172. The van der Waals surface area contributed by atoms with Crippen molar-refractivity contribution in [2.75, 3.05) is 0 Å². The van der Waals surface area contributed by atoms with E-state index in [9.17, 15) is 4.79 Å². The van der Waals surface area contributed by atoms with Crippen molar-refractivity contribution in [3.05, 3.63) is 12.7 Å². The Morgan fingerprint density at radius 2 is 2.25 bits per heavy atom. The Bertz CT molecular complexity index is 208. The van der Waals surface area contributed by atoms with Crippen LogP contribution in [0.15, 0.2) is 12.7 Å². The highest BCUT2D eigenvalue weighted by atomic mass is 16.6. The van der Waals surface area contributed by atoms with Crippen molar-refractivity contribution in [1.82, 2.24) is 0 Å². The van der Waals surface area contributed by atoms with Crippen LogP contribution in [0.2, 0.25) is 0 Å². The topological polar surface area (TPSA) is 38.8 Å². The van der Waals surface area contributed by atoms with E-state index in [-0.39, 0.29) is 23.8 Å². The minimum absolute atomic E-state index is 0.0288. The first-order valence-corrected chi connectivity index (χ1v) is 3.95. The van der Waals surface area contributed by atoms with Crippen LogP contribution in [0, 0.1) is 0 Å². The van der Waals surface area contributed by atoms with Gasteiger partial charge in [0.05, 0.1) is 5.60 Å². The van der Waals surface area contributed by atoms with Crippen molar-refractivity contribution >= 4 is 5.97 Å². The lowest BCUT2D eigenvalue weighted by Gasteiger charge is -2.10. The van der Waals surface area contributed by atoms with Crippen LogP contribution in [0.1, 0.15) is 20.8 Å². The maximum absolute atomic E-state index is 10.6. The van der Waals surface area contributed by atoms with Gasteiger partial charge in [0.2, 0.25) is 0 Å². The molecule has 0 saturated carbocycles. The second-order valence-electron chi connectivity index (χ2n) is 3.45. The normalized spacial score (nSPS) is 27.4. The third-order valence-corrected chi connectivity index (χ3v) is 1.89. The molecule has 1 aliphatic heterocycles. The lowest BCUT2D eigenvalue weighted by atomic mass is 10.1. The molecule has 12 heavy (non-hydrogen) atoms. The maximum atomic E-state index is 10.6. The van der Waals surface area contributed by atoms with Crippen LogP contribution in [-0.2, 0) is 14.3 Å². The fourth-order valence-corrected chi connectivity index (χ4v) is 1.18. The molecular weight excluding hydrogens is 156 g/mol. The molecule has 1 fully saturated rings. The van der Waals surface area contributed by atoms with Gasteiger partial charge >= 0.3 is 5.97 Å². The Balaban J connectivity index is 2.48. The molecule has 0 N–H and O–H groups in total. The van der Waals surface area contributed by atoms with E-state index in [0.29, 0.717) is 0 Å². The number of ether oxygens (including phenoxy) is 2. The first-order valence-electron chi connectivity index (χ1n) is 3.95. The summed E-state index contributed by atoms with van der Waals surface area (Å²) in [5.74, 6) is -0.300. The number of hydrogen-bond acceptors (Lipinski definition) is 3. The zero-order chi connectivity index (χ0) is 9.35. The molecule has 0 aromatic heterocycles. The largest absolute Gasteiger partial charge is 0.455 e. The summed E-state index contributed by atoms with van der Waals surface area (Å²) in [6.45, 7) is 8.88. The number of carbonyl (C=O) groups is 1. The summed E-state index contributed by atoms with van der Waals surface area (Å²) < 4.78 is 10.3. The van der Waals surface area contributed by atoms with Crippen LogP contribution >= 0.6 is 0 Å². The monoisotopic (exact) mass is 170 g/mol. The summed E-state index contributed by atoms with van der Waals surface area (Å²) in [6.07, 6.45) is 1.26. The first-order chi connectivity index (χ1) is 5.47. The molecule has 3 heteroatoms. The highest BCUT2D eigenvalue weighted by Gasteiger charge is 2.53. The van der Waals surface area contributed by atoms with Gasteiger partial charge in [0.15, 0.2) is 0 Å². The lowest BCUT2D eigenvalue weighted by Crippen LogP contribution is -2.23. The van der Waals surface area contributed by atoms with Gasteiger partial charge in [0, 0.05) is 6.92 Å². The molecule has 0 aromatic rings. The van der Waals surface area contributed by atoms with Crippen molar-refractivity contribution in [2.45, 2.75) is 38.6 Å². The molecule has 0 aliphatic carbocycles. The van der Waals surface area contributed by atoms with Crippen molar-refractivity contribution in [1.29, 1.82) is 0 Å². The molecule has 0 spiro atoms. The molecule has 1 saturated heterocycles. The molecule has 0 aromatic carbocycles. The van der Waals surface area contributed by atoms with E-state index in [1.54, 1.807) is 6.08 Å². The van der Waals surface area contributed by atoms with Gasteiger partial charge in [-0.2, -0.15) is 0 Å². The predicted octanol–water partition coefficient (Wildman–Crippen LogP) is 1.28. The van der Waals surface area contributed by atoms with Gasteiger partial charge in [-0.25, -0.2) is 0 Å². The molecule has 2 atom stereocenters. The summed E-state index contributed by atoms with van der Waals surface area (Å²) in [5, 5.41) is 0. The molecule has 0 bridgehead atoms. The smallest absolute Gasteiger partial charge is 0.303 e. The Hall–Kier alpha value is -0.830. The average Bonchev–Trinajstić information content (AvgIpc) is 2.54. The molecule has 3 nitrogen and oxygen atoms in total. The van der Waals surface area contributed by atoms with E-state index in [1.165, 1.54) is 6.92 Å². The Morgan fingerprint density at radius 1 is 1.75 bits per heavy atom. The fourth-order valence-electron chi connectivity index (χ4n) is 1.18. The fraction of sp³-hybridized carbons (Fsp3) is 0.667. The molecule has 1 heterocycles. The molecular formula is C9H14O3. The van der Waals surface area contributed by atoms with Gasteiger partial charge in [0.25, 0.3) is 0 Å². The van der Waals surface area contributed by atoms with Gasteiger partial charge in [-0.1, -0.05) is 6.58 Å². The van der Waals surface area contributed by atoms with Gasteiger partial charge in [-0.3, -0.25) is 4.79 Å². The van der Waals surface area contributed by atoms with Gasteiger partial charge in [-0.15, -0.1) is 0 Å². The number of epoxide rings is 1. The highest BCUT2D eigenvalue weighted by molar-refractivity contribution is 5.66. The number of carbonyl (C=O) groups excluding carboxylic acids is 1. The summed E-state index contributed by atoms with van der Waals surface area (Å²) in [7, 11) is 0. The van der Waals surface area contributed by atoms with Crippen molar-refractivity contribution in [3.63, 3.8) is 0 Å². The molecule has 0 radical (unpaired) electrons. The van der Waals surface area contributed by atoms with Crippen molar-refractivity contribution in [2.24, 2.45) is 0 Å². The second kappa shape index (κ2) is 2.90. The summed E-state index contributed by atoms with van der Waals surface area (Å²) >= 11 is 0. The minimum Gasteiger partial charge on any atom is -0.455 e. The highest BCUT2D eigenvalue weighted by Crippen LogP contribution is 2.39. The number of rotatable bonds is 3. The molecule has 1 rings (SSSR count). The second-order valence-corrected chi connectivity index (χ2v) is 3.45. The summed E-state index contributed by atoms with van der Waals surface area (Å²) in [4.78, 5) is 10.6. The SMILES string of the molecule is C=C[C@H](OC(C)=O)[C@@H]1OC1(C)C. The van der Waals surface area contributed by atoms with Crippen LogP contribution in [0.4, 0.5) is 0 Å².